The molecule has 2 aromatic rings. The Kier molecular flexibility index (Phi) is 4.89. The monoisotopic (exact) mass is 351 g/mol. The average Bonchev–Trinajstić information content (AvgIpc) is 3.29. The lowest BCUT2D eigenvalue weighted by Gasteiger charge is -2.24. The third-order valence-corrected chi connectivity index (χ3v) is 5.65. The maximum Gasteiger partial charge on any atom is 0.262 e. The molecule has 0 saturated heterocycles. The number of aromatic nitrogens is 1. The van der Waals surface area contributed by atoms with E-state index in [-0.39, 0.29) is 18.6 Å². The molecule has 2 unspecified atom stereocenters. The Balaban J connectivity index is 1.57. The molecule has 2 N–H and O–H groups in total. The van der Waals surface area contributed by atoms with Crippen LogP contribution in [0, 0.1) is 5.92 Å². The summed E-state index contributed by atoms with van der Waals surface area (Å²) in [5.74, 6) is 1.11. The molecule has 136 valence electrons. The molecule has 2 heterocycles. The fourth-order valence-electron chi connectivity index (χ4n) is 4.30. The van der Waals surface area contributed by atoms with Gasteiger partial charge in [-0.15, -0.1) is 0 Å². The van der Waals surface area contributed by atoms with Gasteiger partial charge < -0.3 is 15.3 Å². The highest BCUT2D eigenvalue weighted by Gasteiger charge is 2.30. The van der Waals surface area contributed by atoms with E-state index in [4.69, 9.17) is 0 Å². The molecule has 1 aromatic carbocycles. The van der Waals surface area contributed by atoms with E-state index in [9.17, 15) is 9.90 Å². The minimum absolute atomic E-state index is 0.00209. The number of para-hydroxylation sites is 1. The second-order valence-electron chi connectivity index (χ2n) is 7.19. The van der Waals surface area contributed by atoms with Crippen LogP contribution in [-0.2, 0) is 6.42 Å². The summed E-state index contributed by atoms with van der Waals surface area (Å²) in [6, 6.07) is 12.0. The summed E-state index contributed by atoms with van der Waals surface area (Å²) in [7, 11) is 0. The molecule has 5 heteroatoms. The average molecular weight is 351 g/mol. The number of amides is 1. The number of carbonyl (C=O) groups is 1. The van der Waals surface area contributed by atoms with Crippen molar-refractivity contribution in [3.63, 3.8) is 0 Å². The number of fused-ring (bicyclic) bond motifs is 1. The summed E-state index contributed by atoms with van der Waals surface area (Å²) < 4.78 is 0. The van der Waals surface area contributed by atoms with E-state index in [1.165, 1.54) is 5.56 Å². The number of nitrogens with zero attached hydrogens (tertiary/aromatic N) is 2. The first kappa shape index (κ1) is 17.0. The van der Waals surface area contributed by atoms with Crippen LogP contribution in [0.2, 0.25) is 0 Å². The molecule has 1 aliphatic heterocycles. The van der Waals surface area contributed by atoms with Crippen LogP contribution in [0.5, 0.6) is 0 Å². The maximum absolute atomic E-state index is 13.2. The largest absolute Gasteiger partial charge is 0.396 e. The van der Waals surface area contributed by atoms with Gasteiger partial charge in [0.2, 0.25) is 0 Å². The lowest BCUT2D eigenvalue weighted by Crippen LogP contribution is -2.31. The van der Waals surface area contributed by atoms with Crippen LogP contribution in [-0.4, -0.2) is 35.2 Å². The number of benzene rings is 1. The summed E-state index contributed by atoms with van der Waals surface area (Å²) in [6.45, 7) is 0.921. The first-order valence-corrected chi connectivity index (χ1v) is 9.50. The number of pyridine rings is 1. The molecule has 4 rings (SSSR count). The highest BCUT2D eigenvalue weighted by Crippen LogP contribution is 2.33. The van der Waals surface area contributed by atoms with Crippen LogP contribution < -0.4 is 10.2 Å². The Morgan fingerprint density at radius 1 is 1.23 bits per heavy atom. The van der Waals surface area contributed by atoms with Crippen molar-refractivity contribution < 1.29 is 9.90 Å². The molecular formula is C21H25N3O2. The zero-order valence-electron chi connectivity index (χ0n) is 14.9. The molecule has 2 aliphatic rings. The Morgan fingerprint density at radius 3 is 3.00 bits per heavy atom. The van der Waals surface area contributed by atoms with Gasteiger partial charge in [-0.05, 0) is 55.4 Å². The lowest BCUT2D eigenvalue weighted by atomic mass is 10.00. The maximum atomic E-state index is 13.2. The van der Waals surface area contributed by atoms with Crippen LogP contribution in [0.3, 0.4) is 0 Å². The van der Waals surface area contributed by atoms with Gasteiger partial charge in [-0.1, -0.05) is 24.6 Å². The number of anilines is 2. The Hall–Kier alpha value is -2.40. The standard InChI is InChI=1S/C21H25N3O2/c25-14-11-15-6-3-8-18(15)23-20-17(7-4-12-22-20)21(26)24-13-10-16-5-1-2-9-19(16)24/h1-2,4-5,7,9,12,15,18,25H,3,6,8,10-11,13-14H2,(H,22,23). The second kappa shape index (κ2) is 7.46. The first-order chi connectivity index (χ1) is 12.8. The summed E-state index contributed by atoms with van der Waals surface area (Å²) in [5.41, 5.74) is 2.85. The number of hydrogen-bond acceptors (Lipinski definition) is 4. The normalized spacial score (nSPS) is 21.7. The SMILES string of the molecule is O=C(c1cccnc1NC1CCCC1CCO)N1CCc2ccccc21. The van der Waals surface area contributed by atoms with Crippen LogP contribution in [0.15, 0.2) is 42.6 Å². The van der Waals surface area contributed by atoms with Crippen LogP contribution in [0.25, 0.3) is 0 Å². The third-order valence-electron chi connectivity index (χ3n) is 5.65. The molecular weight excluding hydrogens is 326 g/mol. The van der Waals surface area contributed by atoms with Crippen LogP contribution in [0.4, 0.5) is 11.5 Å². The minimum atomic E-state index is 0.00209. The predicted molar refractivity (Wildman–Crippen MR) is 103 cm³/mol. The number of carbonyl (C=O) groups excluding carboxylic acids is 1. The third kappa shape index (κ3) is 3.19. The van der Waals surface area contributed by atoms with E-state index in [1.54, 1.807) is 6.20 Å². The minimum Gasteiger partial charge on any atom is -0.396 e. The van der Waals surface area contributed by atoms with E-state index in [0.717, 1.165) is 37.8 Å². The molecule has 5 nitrogen and oxygen atoms in total. The van der Waals surface area contributed by atoms with E-state index in [2.05, 4.69) is 16.4 Å². The Morgan fingerprint density at radius 2 is 2.12 bits per heavy atom. The highest BCUT2D eigenvalue weighted by atomic mass is 16.3. The van der Waals surface area contributed by atoms with Gasteiger partial charge in [-0.25, -0.2) is 4.98 Å². The van der Waals surface area contributed by atoms with Crippen molar-refractivity contribution in [3.05, 3.63) is 53.7 Å². The van der Waals surface area contributed by atoms with Crippen molar-refractivity contribution >= 4 is 17.4 Å². The topological polar surface area (TPSA) is 65.5 Å². The molecule has 1 aliphatic carbocycles. The zero-order valence-corrected chi connectivity index (χ0v) is 14.9. The molecule has 2 atom stereocenters. The quantitative estimate of drug-likeness (QED) is 0.868. The van der Waals surface area contributed by atoms with Crippen molar-refractivity contribution in [3.8, 4) is 0 Å². The molecule has 1 amide bonds. The van der Waals surface area contributed by atoms with Gasteiger partial charge in [0.25, 0.3) is 5.91 Å². The van der Waals surface area contributed by atoms with Gasteiger partial charge in [0.15, 0.2) is 0 Å². The van der Waals surface area contributed by atoms with Crippen LogP contribution in [0.1, 0.15) is 41.6 Å². The van der Waals surface area contributed by atoms with E-state index < -0.39 is 0 Å². The molecule has 1 fully saturated rings. The fraction of sp³-hybridized carbons (Fsp3) is 0.429. The van der Waals surface area contributed by atoms with Crippen molar-refractivity contribution in [2.24, 2.45) is 5.92 Å². The van der Waals surface area contributed by atoms with Gasteiger partial charge in [-0.3, -0.25) is 4.79 Å². The zero-order chi connectivity index (χ0) is 17.9. The summed E-state index contributed by atoms with van der Waals surface area (Å²) in [5, 5.41) is 12.8. The van der Waals surface area contributed by atoms with Crippen molar-refractivity contribution in [2.45, 2.75) is 38.1 Å². The summed E-state index contributed by atoms with van der Waals surface area (Å²) >= 11 is 0. The van der Waals surface area contributed by atoms with E-state index >= 15 is 0 Å². The summed E-state index contributed by atoms with van der Waals surface area (Å²) in [6.07, 6.45) is 6.75. The fourth-order valence-corrected chi connectivity index (χ4v) is 4.30. The molecule has 0 bridgehead atoms. The second-order valence-corrected chi connectivity index (χ2v) is 7.19. The van der Waals surface area contributed by atoms with E-state index in [0.29, 0.717) is 23.8 Å². The van der Waals surface area contributed by atoms with Gasteiger partial charge in [-0.2, -0.15) is 0 Å². The molecule has 0 spiro atoms. The number of hydrogen-bond donors (Lipinski definition) is 2. The molecule has 1 saturated carbocycles. The Bertz CT molecular complexity index is 792. The van der Waals surface area contributed by atoms with Gasteiger partial charge in [0.05, 0.1) is 5.56 Å². The smallest absolute Gasteiger partial charge is 0.262 e. The number of rotatable bonds is 5. The van der Waals surface area contributed by atoms with Crippen molar-refractivity contribution in [1.82, 2.24) is 4.98 Å². The van der Waals surface area contributed by atoms with Crippen molar-refractivity contribution in [2.75, 3.05) is 23.4 Å². The number of aliphatic hydroxyl groups is 1. The number of nitrogens with one attached hydrogen (secondary N) is 1. The Labute approximate surface area is 154 Å². The summed E-state index contributed by atoms with van der Waals surface area (Å²) in [4.78, 5) is 19.5. The molecule has 26 heavy (non-hydrogen) atoms. The predicted octanol–water partition coefficient (Wildman–Crippen LogP) is 3.25. The van der Waals surface area contributed by atoms with Gasteiger partial charge in [0.1, 0.15) is 5.82 Å². The first-order valence-electron chi connectivity index (χ1n) is 9.50. The van der Waals surface area contributed by atoms with Gasteiger partial charge >= 0.3 is 0 Å². The van der Waals surface area contributed by atoms with Crippen molar-refractivity contribution in [1.29, 1.82) is 0 Å². The van der Waals surface area contributed by atoms with E-state index in [1.807, 2.05) is 35.2 Å². The number of aliphatic hydroxyl groups excluding tert-OH is 1. The highest BCUT2D eigenvalue weighted by molar-refractivity contribution is 6.10. The van der Waals surface area contributed by atoms with Crippen LogP contribution >= 0.6 is 0 Å². The molecule has 1 aromatic heterocycles. The molecule has 0 radical (unpaired) electrons. The lowest BCUT2D eigenvalue weighted by molar-refractivity contribution is 0.0989. The van der Waals surface area contributed by atoms with Gasteiger partial charge in [0, 0.05) is 31.1 Å².